The maximum atomic E-state index is 13.6. The van der Waals surface area contributed by atoms with E-state index in [1.54, 1.807) is 25.3 Å². The van der Waals surface area contributed by atoms with E-state index in [-0.39, 0.29) is 18.6 Å². The third-order valence-corrected chi connectivity index (χ3v) is 7.18. The van der Waals surface area contributed by atoms with Crippen molar-refractivity contribution in [2.45, 2.75) is 26.4 Å². The summed E-state index contributed by atoms with van der Waals surface area (Å²) >= 11 is 5.92. The fourth-order valence-corrected chi connectivity index (χ4v) is 4.83. The molecule has 0 spiro atoms. The molecule has 0 atom stereocenters. The predicted molar refractivity (Wildman–Crippen MR) is 138 cm³/mol. The number of nitrogens with zero attached hydrogens (tertiary/aromatic N) is 3. The number of hydrogen-bond donors (Lipinski definition) is 1. The van der Waals surface area contributed by atoms with E-state index in [2.05, 4.69) is 15.3 Å². The molecule has 0 radical (unpaired) electrons. The van der Waals surface area contributed by atoms with Crippen LogP contribution in [0.2, 0.25) is 5.02 Å². The summed E-state index contributed by atoms with van der Waals surface area (Å²) in [6.45, 7) is 1.48. The van der Waals surface area contributed by atoms with Gasteiger partial charge >= 0.3 is 0 Å². The fourth-order valence-electron chi connectivity index (χ4n) is 3.78. The molecule has 36 heavy (non-hydrogen) atoms. The van der Waals surface area contributed by atoms with Gasteiger partial charge in [0.15, 0.2) is 11.5 Å². The number of anilines is 2. The molecule has 9 nitrogen and oxygen atoms in total. The molecule has 1 aliphatic rings. The number of aromatic nitrogens is 2. The van der Waals surface area contributed by atoms with Crippen molar-refractivity contribution in [2.75, 3.05) is 45.0 Å². The van der Waals surface area contributed by atoms with Crippen LogP contribution in [0.3, 0.4) is 0 Å². The Balaban J connectivity index is 0.00000361. The first-order chi connectivity index (χ1) is 16.7. The lowest BCUT2D eigenvalue weighted by Gasteiger charge is -2.31. The quantitative estimate of drug-likeness (QED) is 0.392. The maximum Gasteiger partial charge on any atom is 0.211 e. The Morgan fingerprint density at radius 3 is 2.56 bits per heavy atom. The summed E-state index contributed by atoms with van der Waals surface area (Å²) in [4.78, 5) is 8.69. The number of fused-ring (bicyclic) bond motifs is 1. The largest absolute Gasteiger partial charge is 0.487 e. The minimum absolute atomic E-state index is 0. The first-order valence-corrected chi connectivity index (χ1v) is 13.2. The zero-order valence-corrected chi connectivity index (χ0v) is 20.9. The molecule has 1 fully saturated rings. The lowest BCUT2D eigenvalue weighted by atomic mass is 10.1. The van der Waals surface area contributed by atoms with Crippen molar-refractivity contribution in [2.24, 2.45) is 0 Å². The molecule has 0 unspecified atom stereocenters. The normalized spacial score (nSPS) is 14.9. The Kier molecular flexibility index (Phi) is 9.29. The van der Waals surface area contributed by atoms with E-state index >= 15 is 0 Å². The van der Waals surface area contributed by atoms with Crippen LogP contribution in [0.5, 0.6) is 11.5 Å². The second kappa shape index (κ2) is 12.0. The molecule has 0 bridgehead atoms. The van der Waals surface area contributed by atoms with Crippen LogP contribution in [0.1, 0.15) is 20.3 Å². The first-order valence-electron chi connectivity index (χ1n) is 11.0. The van der Waals surface area contributed by atoms with Gasteiger partial charge < -0.3 is 19.5 Å². The number of benzene rings is 2. The molecule has 1 N–H and O–H groups in total. The Bertz CT molecular complexity index is 1300. The van der Waals surface area contributed by atoms with E-state index in [4.69, 9.17) is 25.8 Å². The molecule has 2 heterocycles. The SMILES string of the molecule is C.COCCOc1cc2ncnc(Nc3ccc(F)c(Cl)c3)c2cc1OC1CCN(S(C)(=O)=O)CC1. The number of rotatable bonds is 9. The lowest BCUT2D eigenvalue weighted by Crippen LogP contribution is -2.41. The Labute approximate surface area is 215 Å². The summed E-state index contributed by atoms with van der Waals surface area (Å²) in [5, 5.41) is 3.80. The van der Waals surface area contributed by atoms with Crippen LogP contribution in [0.4, 0.5) is 15.9 Å². The first kappa shape index (κ1) is 27.9. The monoisotopic (exact) mass is 540 g/mol. The van der Waals surface area contributed by atoms with Gasteiger partial charge in [0.1, 0.15) is 30.7 Å². The minimum Gasteiger partial charge on any atom is -0.487 e. The molecule has 4 rings (SSSR count). The van der Waals surface area contributed by atoms with Gasteiger partial charge in [0.2, 0.25) is 10.0 Å². The number of piperidine rings is 1. The molecule has 3 aromatic rings. The predicted octanol–water partition coefficient (Wildman–Crippen LogP) is 4.63. The summed E-state index contributed by atoms with van der Waals surface area (Å²) < 4.78 is 55.9. The van der Waals surface area contributed by atoms with Gasteiger partial charge in [-0.15, -0.1) is 0 Å². The van der Waals surface area contributed by atoms with E-state index in [0.717, 1.165) is 0 Å². The Morgan fingerprint density at radius 2 is 1.89 bits per heavy atom. The van der Waals surface area contributed by atoms with Gasteiger partial charge in [-0.2, -0.15) is 0 Å². The van der Waals surface area contributed by atoms with Crippen molar-refractivity contribution < 1.29 is 27.0 Å². The van der Waals surface area contributed by atoms with Crippen LogP contribution in [-0.4, -0.2) is 68.5 Å². The average molecular weight is 541 g/mol. The molecule has 196 valence electrons. The highest BCUT2D eigenvalue weighted by Gasteiger charge is 2.27. The molecule has 1 aliphatic heterocycles. The number of sulfonamides is 1. The highest BCUT2D eigenvalue weighted by molar-refractivity contribution is 7.88. The number of hydrogen-bond acceptors (Lipinski definition) is 8. The highest BCUT2D eigenvalue weighted by atomic mass is 35.5. The van der Waals surface area contributed by atoms with E-state index in [0.29, 0.717) is 73.1 Å². The van der Waals surface area contributed by atoms with Crippen molar-refractivity contribution in [1.82, 2.24) is 14.3 Å². The zero-order chi connectivity index (χ0) is 25.0. The maximum absolute atomic E-state index is 13.6. The van der Waals surface area contributed by atoms with Crippen molar-refractivity contribution in [3.63, 3.8) is 0 Å². The minimum atomic E-state index is -3.23. The molecule has 2 aromatic carbocycles. The van der Waals surface area contributed by atoms with Crippen LogP contribution in [0.15, 0.2) is 36.7 Å². The van der Waals surface area contributed by atoms with Gasteiger partial charge in [-0.25, -0.2) is 27.1 Å². The molecular weight excluding hydrogens is 511 g/mol. The topological polar surface area (TPSA) is 103 Å². The van der Waals surface area contributed by atoms with E-state index in [9.17, 15) is 12.8 Å². The van der Waals surface area contributed by atoms with Crippen LogP contribution >= 0.6 is 11.6 Å². The number of halogens is 2. The standard InChI is InChI=1S/C23H26ClFN4O5S.CH4/c1-32-9-10-33-21-13-20-17(12-22(21)34-16-5-7-29(8-6-16)35(2,30)31)23(27-14-26-20)28-15-3-4-19(25)18(24)11-15;/h3-4,11-14,16H,5-10H2,1-2H3,(H,26,27,28);1H4. The molecule has 1 saturated heterocycles. The summed E-state index contributed by atoms with van der Waals surface area (Å²) in [5.41, 5.74) is 1.18. The van der Waals surface area contributed by atoms with Gasteiger partial charge in [0.25, 0.3) is 0 Å². The summed E-state index contributed by atoms with van der Waals surface area (Å²) in [6, 6.07) is 7.85. The molecule has 0 aliphatic carbocycles. The second-order valence-corrected chi connectivity index (χ2v) is 10.5. The van der Waals surface area contributed by atoms with Crippen LogP contribution in [0.25, 0.3) is 10.9 Å². The molecule has 0 amide bonds. The third kappa shape index (κ3) is 6.73. The summed E-state index contributed by atoms with van der Waals surface area (Å²) in [7, 11) is -1.65. The van der Waals surface area contributed by atoms with E-state index < -0.39 is 15.8 Å². The summed E-state index contributed by atoms with van der Waals surface area (Å²) in [5.74, 6) is 0.953. The van der Waals surface area contributed by atoms with Crippen LogP contribution < -0.4 is 14.8 Å². The highest BCUT2D eigenvalue weighted by Crippen LogP contribution is 2.37. The van der Waals surface area contributed by atoms with Gasteiger partial charge in [-0.1, -0.05) is 19.0 Å². The van der Waals surface area contributed by atoms with Gasteiger partial charge in [0, 0.05) is 37.3 Å². The zero-order valence-electron chi connectivity index (χ0n) is 19.3. The molecule has 12 heteroatoms. The van der Waals surface area contributed by atoms with E-state index in [1.807, 2.05) is 0 Å². The smallest absolute Gasteiger partial charge is 0.211 e. The van der Waals surface area contributed by atoms with Crippen molar-refractivity contribution in [3.05, 3.63) is 47.5 Å². The Hall–Kier alpha value is -2.73. The average Bonchev–Trinajstić information content (AvgIpc) is 2.82. The molecule has 1 aromatic heterocycles. The van der Waals surface area contributed by atoms with Gasteiger partial charge in [-0.3, -0.25) is 0 Å². The van der Waals surface area contributed by atoms with Gasteiger partial charge in [0.05, 0.1) is 23.4 Å². The van der Waals surface area contributed by atoms with Crippen molar-refractivity contribution >= 4 is 44.0 Å². The number of nitrogens with one attached hydrogen (secondary N) is 1. The van der Waals surface area contributed by atoms with Crippen molar-refractivity contribution in [1.29, 1.82) is 0 Å². The van der Waals surface area contributed by atoms with Crippen LogP contribution in [-0.2, 0) is 14.8 Å². The second-order valence-electron chi connectivity index (χ2n) is 8.11. The number of methoxy groups -OCH3 is 1. The van der Waals surface area contributed by atoms with Gasteiger partial charge in [-0.05, 0) is 37.1 Å². The molecular formula is C24H30ClFN4O5S. The van der Waals surface area contributed by atoms with E-state index in [1.165, 1.54) is 29.0 Å². The van der Waals surface area contributed by atoms with Crippen molar-refractivity contribution in [3.8, 4) is 11.5 Å². The fraction of sp³-hybridized carbons (Fsp3) is 0.417. The summed E-state index contributed by atoms with van der Waals surface area (Å²) in [6.07, 6.45) is 3.53. The molecule has 0 saturated carbocycles. The van der Waals surface area contributed by atoms with Crippen LogP contribution in [0, 0.1) is 5.82 Å². The lowest BCUT2D eigenvalue weighted by molar-refractivity contribution is 0.120. The third-order valence-electron chi connectivity index (χ3n) is 5.59. The Morgan fingerprint density at radius 1 is 1.14 bits per heavy atom. The number of ether oxygens (including phenoxy) is 3.